The first-order valence-corrected chi connectivity index (χ1v) is 14.9. The Balaban J connectivity index is 2.05. The first kappa shape index (κ1) is 36.0. The lowest BCUT2D eigenvalue weighted by molar-refractivity contribution is -0.144. The number of hydrogen-bond acceptors (Lipinski definition) is 7. The molecule has 1 heterocycles. The van der Waals surface area contributed by atoms with Crippen molar-refractivity contribution >= 4 is 41.2 Å². The van der Waals surface area contributed by atoms with Crippen LogP contribution in [0.2, 0.25) is 0 Å². The van der Waals surface area contributed by atoms with Gasteiger partial charge in [0.05, 0.1) is 6.04 Å². The van der Waals surface area contributed by atoms with Crippen molar-refractivity contribution in [2.75, 3.05) is 18.4 Å². The van der Waals surface area contributed by atoms with Gasteiger partial charge in [0, 0.05) is 25.2 Å². The predicted molar refractivity (Wildman–Crippen MR) is 166 cm³/mol. The third-order valence-corrected chi connectivity index (χ3v) is 6.82. The molecule has 1 aliphatic heterocycles. The van der Waals surface area contributed by atoms with E-state index < -0.39 is 58.7 Å². The Morgan fingerprint density at radius 3 is 2.27 bits per heavy atom. The van der Waals surface area contributed by atoms with Crippen molar-refractivity contribution in [2.45, 2.75) is 97.4 Å². The van der Waals surface area contributed by atoms with Crippen LogP contribution in [0.1, 0.15) is 73.6 Å². The molecule has 0 aromatic heterocycles. The maximum atomic E-state index is 13.7. The minimum Gasteiger partial charge on any atom is -0.444 e. The topological polar surface area (TPSA) is 163 Å². The predicted octanol–water partition coefficient (Wildman–Crippen LogP) is 3.08. The normalized spacial score (nSPS) is 16.2. The summed E-state index contributed by atoms with van der Waals surface area (Å²) in [5.41, 5.74) is -0.851. The number of amides is 5. The number of Topliss-reactive ketones (excluding diaryl/α,β-unsaturated/α-hetero) is 1. The van der Waals surface area contributed by atoms with Gasteiger partial charge < -0.3 is 30.9 Å². The molecule has 44 heavy (non-hydrogen) atoms. The number of ether oxygens (including phenoxy) is 1. The Morgan fingerprint density at radius 1 is 1.02 bits per heavy atom. The van der Waals surface area contributed by atoms with E-state index in [1.54, 1.807) is 71.9 Å². The van der Waals surface area contributed by atoms with Crippen molar-refractivity contribution in [2.24, 2.45) is 5.41 Å². The number of alkyl carbamates (subject to hydrolysis) is 1. The molecule has 2 rings (SSSR count). The molecule has 1 fully saturated rings. The molecule has 0 aliphatic carbocycles. The molecule has 1 aromatic rings. The number of ketones is 1. The number of para-hydroxylation sites is 1. The van der Waals surface area contributed by atoms with Crippen LogP contribution in [0.3, 0.4) is 0 Å². The second-order valence-corrected chi connectivity index (χ2v) is 12.8. The lowest BCUT2D eigenvalue weighted by Crippen LogP contribution is -2.59. The summed E-state index contributed by atoms with van der Waals surface area (Å²) < 4.78 is 5.35. The third kappa shape index (κ3) is 11.5. The zero-order valence-corrected chi connectivity index (χ0v) is 26.7. The Kier molecular flexibility index (Phi) is 13.1. The highest BCUT2D eigenvalue weighted by molar-refractivity contribution is 6.38. The van der Waals surface area contributed by atoms with E-state index in [-0.39, 0.29) is 31.8 Å². The van der Waals surface area contributed by atoms with Gasteiger partial charge in [-0.15, -0.1) is 6.58 Å². The highest BCUT2D eigenvalue weighted by Gasteiger charge is 2.43. The van der Waals surface area contributed by atoms with E-state index in [0.29, 0.717) is 24.9 Å². The largest absolute Gasteiger partial charge is 0.444 e. The molecule has 0 bridgehead atoms. The van der Waals surface area contributed by atoms with E-state index in [4.69, 9.17) is 4.74 Å². The lowest BCUT2D eigenvalue weighted by Gasteiger charge is -2.36. The molecule has 1 unspecified atom stereocenters. The Bertz CT molecular complexity index is 1200. The van der Waals surface area contributed by atoms with Crippen LogP contribution in [0, 0.1) is 5.41 Å². The number of anilines is 1. The van der Waals surface area contributed by atoms with Crippen LogP contribution in [-0.2, 0) is 28.7 Å². The summed E-state index contributed by atoms with van der Waals surface area (Å²) in [6.07, 6.45) is 2.15. The van der Waals surface area contributed by atoms with Crippen LogP contribution >= 0.6 is 0 Å². The van der Waals surface area contributed by atoms with Crippen molar-refractivity contribution in [3.05, 3.63) is 43.0 Å². The van der Waals surface area contributed by atoms with Crippen molar-refractivity contribution in [3.63, 3.8) is 0 Å². The quantitative estimate of drug-likeness (QED) is 0.196. The van der Waals surface area contributed by atoms with E-state index in [0.717, 1.165) is 0 Å². The molecular formula is C32H47N5O7. The fraction of sp³-hybridized carbons (Fsp3) is 0.562. The molecule has 1 aromatic carbocycles. The summed E-state index contributed by atoms with van der Waals surface area (Å²) in [5.74, 6) is -3.14. The number of nitrogens with zero attached hydrogens (tertiary/aromatic N) is 1. The van der Waals surface area contributed by atoms with Gasteiger partial charge in [-0.3, -0.25) is 24.0 Å². The standard InChI is InChI=1S/C32H47N5O7/c1-8-9-16-22(25(39)28(41)33-19-18-24(38)34-21-14-11-10-12-15-21)35-27(40)23-17-13-20-37(23)29(42)26(31(2,3)4)36-30(43)44-32(5,6)7/h8,10-12,14-15,22-23,26H,1,9,13,16-20H2,2-7H3,(H,33,41)(H,34,38)(H,35,40)(H,36,43)/t22?,23-,26+/m0/s1. The minimum atomic E-state index is -1.16. The van der Waals surface area contributed by atoms with Gasteiger partial charge >= 0.3 is 6.09 Å². The fourth-order valence-corrected chi connectivity index (χ4v) is 4.64. The maximum Gasteiger partial charge on any atom is 0.408 e. The Labute approximate surface area is 259 Å². The average Bonchev–Trinajstić information content (AvgIpc) is 3.42. The van der Waals surface area contributed by atoms with Crippen LogP contribution in [-0.4, -0.2) is 77.2 Å². The minimum absolute atomic E-state index is 0.0526. The third-order valence-electron chi connectivity index (χ3n) is 6.82. The van der Waals surface area contributed by atoms with Gasteiger partial charge in [-0.1, -0.05) is 45.0 Å². The number of likely N-dealkylation sites (tertiary alicyclic amines) is 1. The van der Waals surface area contributed by atoms with Gasteiger partial charge in [-0.05, 0) is 64.0 Å². The average molecular weight is 614 g/mol. The molecule has 5 amide bonds. The van der Waals surface area contributed by atoms with E-state index in [2.05, 4.69) is 27.8 Å². The molecule has 0 radical (unpaired) electrons. The summed E-state index contributed by atoms with van der Waals surface area (Å²) in [6, 6.07) is 5.80. The van der Waals surface area contributed by atoms with Gasteiger partial charge in [0.15, 0.2) is 0 Å². The number of rotatable bonds is 13. The van der Waals surface area contributed by atoms with Gasteiger partial charge in [0.2, 0.25) is 23.5 Å². The molecule has 0 spiro atoms. The SMILES string of the molecule is C=CCCC(NC(=O)[C@@H]1CCCN1C(=O)[C@@H](NC(=O)OC(C)(C)C)C(C)(C)C)C(=O)C(=O)NCCC(=O)Nc1ccccc1. The molecule has 0 saturated carbocycles. The Morgan fingerprint density at radius 2 is 1.68 bits per heavy atom. The number of carbonyl (C=O) groups is 6. The number of benzene rings is 1. The van der Waals surface area contributed by atoms with E-state index in [1.807, 2.05) is 6.07 Å². The fourth-order valence-electron chi connectivity index (χ4n) is 4.64. The molecule has 1 saturated heterocycles. The van der Waals surface area contributed by atoms with Gasteiger partial charge in [-0.2, -0.15) is 0 Å². The number of carbonyl (C=O) groups excluding carboxylic acids is 6. The van der Waals surface area contributed by atoms with Crippen LogP contribution in [0.15, 0.2) is 43.0 Å². The second kappa shape index (κ2) is 16.0. The van der Waals surface area contributed by atoms with Crippen LogP contribution < -0.4 is 21.3 Å². The van der Waals surface area contributed by atoms with E-state index in [9.17, 15) is 28.8 Å². The van der Waals surface area contributed by atoms with Crippen molar-refractivity contribution in [1.82, 2.24) is 20.9 Å². The van der Waals surface area contributed by atoms with E-state index in [1.165, 1.54) is 4.90 Å². The molecule has 1 aliphatic rings. The summed E-state index contributed by atoms with van der Waals surface area (Å²) >= 11 is 0. The molecule has 4 N–H and O–H groups in total. The number of allylic oxidation sites excluding steroid dienone is 1. The Hall–Kier alpha value is -4.22. The molecule has 242 valence electrons. The van der Waals surface area contributed by atoms with Crippen LogP contribution in [0.5, 0.6) is 0 Å². The summed E-state index contributed by atoms with van der Waals surface area (Å²) in [7, 11) is 0. The summed E-state index contributed by atoms with van der Waals surface area (Å²) in [5, 5.41) is 10.5. The maximum absolute atomic E-state index is 13.7. The van der Waals surface area contributed by atoms with E-state index >= 15 is 0 Å². The molecular weight excluding hydrogens is 566 g/mol. The summed E-state index contributed by atoms with van der Waals surface area (Å²) in [6.45, 7) is 14.4. The van der Waals surface area contributed by atoms with Crippen LogP contribution in [0.4, 0.5) is 10.5 Å². The first-order chi connectivity index (χ1) is 20.5. The first-order valence-electron chi connectivity index (χ1n) is 14.9. The van der Waals surface area contributed by atoms with Crippen molar-refractivity contribution in [3.8, 4) is 0 Å². The van der Waals surface area contributed by atoms with Gasteiger partial charge in [-0.25, -0.2) is 4.79 Å². The highest BCUT2D eigenvalue weighted by atomic mass is 16.6. The molecule has 3 atom stereocenters. The number of hydrogen-bond donors (Lipinski definition) is 4. The smallest absolute Gasteiger partial charge is 0.408 e. The number of nitrogens with one attached hydrogen (secondary N) is 4. The highest BCUT2D eigenvalue weighted by Crippen LogP contribution is 2.26. The lowest BCUT2D eigenvalue weighted by atomic mass is 9.85. The monoisotopic (exact) mass is 613 g/mol. The van der Waals surface area contributed by atoms with Gasteiger partial charge in [0.1, 0.15) is 17.7 Å². The molecule has 12 heteroatoms. The molecule has 12 nitrogen and oxygen atoms in total. The van der Waals surface area contributed by atoms with Gasteiger partial charge in [0.25, 0.3) is 5.91 Å². The zero-order chi connectivity index (χ0) is 33.1. The van der Waals surface area contributed by atoms with Crippen LogP contribution in [0.25, 0.3) is 0 Å². The zero-order valence-electron chi connectivity index (χ0n) is 26.7. The second-order valence-electron chi connectivity index (χ2n) is 12.8. The summed E-state index contributed by atoms with van der Waals surface area (Å²) in [4.78, 5) is 79.0. The van der Waals surface area contributed by atoms with Crippen molar-refractivity contribution in [1.29, 1.82) is 0 Å². The van der Waals surface area contributed by atoms with Crippen molar-refractivity contribution < 1.29 is 33.5 Å².